The van der Waals surface area contributed by atoms with E-state index >= 15 is 0 Å². The molecule has 3 atom stereocenters. The Kier molecular flexibility index (Phi) is 5.87. The van der Waals surface area contributed by atoms with Crippen LogP contribution in [0.4, 0.5) is 9.52 Å². The van der Waals surface area contributed by atoms with Gasteiger partial charge in [-0.3, -0.25) is 19.3 Å². The van der Waals surface area contributed by atoms with Crippen LogP contribution in [0.5, 0.6) is 0 Å². The first-order chi connectivity index (χ1) is 14.0. The lowest BCUT2D eigenvalue weighted by Gasteiger charge is -2.25. The zero-order valence-electron chi connectivity index (χ0n) is 16.0. The largest absolute Gasteiger partial charge is 0.300 e. The van der Waals surface area contributed by atoms with Gasteiger partial charge in [0.05, 0.1) is 22.1 Å². The van der Waals surface area contributed by atoms with Crippen molar-refractivity contribution in [2.75, 3.05) is 17.3 Å². The number of halogens is 1. The van der Waals surface area contributed by atoms with Crippen molar-refractivity contribution in [2.24, 2.45) is 11.8 Å². The number of anilines is 1. The number of thioether (sulfide) groups is 1. The van der Waals surface area contributed by atoms with E-state index in [2.05, 4.69) is 10.3 Å². The van der Waals surface area contributed by atoms with Crippen LogP contribution >= 0.6 is 23.1 Å². The van der Waals surface area contributed by atoms with Gasteiger partial charge in [-0.25, -0.2) is 9.37 Å². The second-order valence-corrected chi connectivity index (χ2v) is 9.48. The summed E-state index contributed by atoms with van der Waals surface area (Å²) in [5, 5.41) is 3.08. The molecular formula is C20H22FN3O3S2. The van der Waals surface area contributed by atoms with Crippen molar-refractivity contribution in [3.05, 3.63) is 24.0 Å². The monoisotopic (exact) mass is 435 g/mol. The Morgan fingerprint density at radius 1 is 1.31 bits per heavy atom. The van der Waals surface area contributed by atoms with Crippen LogP contribution in [-0.4, -0.2) is 45.7 Å². The highest BCUT2D eigenvalue weighted by molar-refractivity contribution is 7.98. The predicted molar refractivity (Wildman–Crippen MR) is 112 cm³/mol. The highest BCUT2D eigenvalue weighted by Crippen LogP contribution is 2.39. The van der Waals surface area contributed by atoms with Gasteiger partial charge < -0.3 is 5.32 Å². The minimum absolute atomic E-state index is 0.215. The Bertz CT molecular complexity index is 940. The van der Waals surface area contributed by atoms with E-state index in [-0.39, 0.29) is 29.5 Å². The molecule has 0 spiro atoms. The Morgan fingerprint density at radius 2 is 2.00 bits per heavy atom. The molecule has 1 N–H and O–H groups in total. The van der Waals surface area contributed by atoms with Crippen molar-refractivity contribution < 1.29 is 18.8 Å². The second-order valence-electron chi connectivity index (χ2n) is 7.46. The smallest absolute Gasteiger partial charge is 0.249 e. The van der Waals surface area contributed by atoms with E-state index in [0.717, 1.165) is 12.8 Å². The molecule has 154 valence electrons. The molecule has 0 unspecified atom stereocenters. The van der Waals surface area contributed by atoms with Crippen LogP contribution in [-0.2, 0) is 14.4 Å². The molecule has 1 aromatic heterocycles. The maximum Gasteiger partial charge on any atom is 0.249 e. The van der Waals surface area contributed by atoms with Crippen molar-refractivity contribution in [3.63, 3.8) is 0 Å². The fourth-order valence-electron chi connectivity index (χ4n) is 4.24. The van der Waals surface area contributed by atoms with Crippen LogP contribution in [0, 0.1) is 17.7 Å². The Labute approximate surface area is 176 Å². The number of carbonyl (C=O) groups is 3. The lowest BCUT2D eigenvalue weighted by Crippen LogP contribution is -2.48. The molecule has 2 fully saturated rings. The molecule has 3 amide bonds. The normalized spacial score (nSPS) is 22.8. The number of hydrogen-bond acceptors (Lipinski definition) is 6. The SMILES string of the molecule is CSCC[C@@H](C(=O)Nc1nc2ccc(F)cc2s1)N1C(=O)[C@H]2CCCC[C@H]2C1=O. The molecule has 29 heavy (non-hydrogen) atoms. The van der Waals surface area contributed by atoms with Gasteiger partial charge >= 0.3 is 0 Å². The third-order valence-electron chi connectivity index (χ3n) is 5.67. The summed E-state index contributed by atoms with van der Waals surface area (Å²) in [6, 6.07) is 3.39. The molecule has 2 aliphatic rings. The predicted octanol–water partition coefficient (Wildman–Crippen LogP) is 3.67. The van der Waals surface area contributed by atoms with Gasteiger partial charge in [0.1, 0.15) is 11.9 Å². The fraction of sp³-hybridized carbons (Fsp3) is 0.500. The molecule has 1 aliphatic heterocycles. The van der Waals surface area contributed by atoms with Crippen molar-refractivity contribution in [3.8, 4) is 0 Å². The highest BCUT2D eigenvalue weighted by atomic mass is 32.2. The van der Waals surface area contributed by atoms with Crippen molar-refractivity contribution in [1.29, 1.82) is 0 Å². The molecule has 9 heteroatoms. The second kappa shape index (κ2) is 8.39. The van der Waals surface area contributed by atoms with E-state index in [9.17, 15) is 18.8 Å². The summed E-state index contributed by atoms with van der Waals surface area (Å²) in [4.78, 5) is 44.5. The van der Waals surface area contributed by atoms with Gasteiger partial charge in [0.15, 0.2) is 5.13 Å². The zero-order chi connectivity index (χ0) is 20.5. The molecule has 1 aromatic carbocycles. The van der Waals surface area contributed by atoms with E-state index < -0.39 is 11.9 Å². The summed E-state index contributed by atoms with van der Waals surface area (Å²) in [5.74, 6) is -1.14. The number of thiazole rings is 1. The standard InChI is InChI=1S/C20H22FN3O3S2/c1-28-9-8-15(24-18(26)12-4-2-3-5-13(12)19(24)27)17(25)23-20-22-14-7-6-11(21)10-16(14)29-20/h6-7,10,12-13,15H,2-5,8-9H2,1H3,(H,22,23,25)/t12-,13+,15-/m0/s1. The van der Waals surface area contributed by atoms with Crippen molar-refractivity contribution >= 4 is 56.2 Å². The zero-order valence-corrected chi connectivity index (χ0v) is 17.7. The van der Waals surface area contributed by atoms with Gasteiger partial charge in [-0.1, -0.05) is 24.2 Å². The van der Waals surface area contributed by atoms with Gasteiger partial charge in [-0.2, -0.15) is 11.8 Å². The van der Waals surface area contributed by atoms with Crippen LogP contribution in [0.2, 0.25) is 0 Å². The number of likely N-dealkylation sites (tertiary alicyclic amines) is 1. The highest BCUT2D eigenvalue weighted by Gasteiger charge is 2.51. The Balaban J connectivity index is 1.57. The number of imide groups is 1. The number of nitrogens with one attached hydrogen (secondary N) is 1. The first kappa shape index (κ1) is 20.3. The summed E-state index contributed by atoms with van der Waals surface area (Å²) in [7, 11) is 0. The first-order valence-corrected chi connectivity index (χ1v) is 11.9. The van der Waals surface area contributed by atoms with E-state index in [0.29, 0.717) is 40.4 Å². The average molecular weight is 436 g/mol. The Morgan fingerprint density at radius 3 is 2.66 bits per heavy atom. The van der Waals surface area contributed by atoms with E-state index in [1.807, 2.05) is 6.26 Å². The third-order valence-corrected chi connectivity index (χ3v) is 7.24. The molecule has 1 saturated carbocycles. The summed E-state index contributed by atoms with van der Waals surface area (Å²) in [6.07, 6.45) is 5.63. The molecule has 2 aromatic rings. The number of amides is 3. The van der Waals surface area contributed by atoms with Crippen LogP contribution in [0.1, 0.15) is 32.1 Å². The molecule has 0 bridgehead atoms. The molecule has 4 rings (SSSR count). The van der Waals surface area contributed by atoms with Gasteiger partial charge in [0.25, 0.3) is 0 Å². The quantitative estimate of drug-likeness (QED) is 0.701. The number of nitrogens with zero attached hydrogens (tertiary/aromatic N) is 2. The molecule has 6 nitrogen and oxygen atoms in total. The average Bonchev–Trinajstić information content (AvgIpc) is 3.21. The third kappa shape index (κ3) is 3.90. The van der Waals surface area contributed by atoms with Gasteiger partial charge in [0, 0.05) is 0 Å². The van der Waals surface area contributed by atoms with Crippen LogP contribution in [0.15, 0.2) is 18.2 Å². The van der Waals surface area contributed by atoms with Gasteiger partial charge in [-0.05, 0) is 49.5 Å². The molecule has 2 heterocycles. The number of hydrogen-bond donors (Lipinski definition) is 1. The minimum atomic E-state index is -0.850. The van der Waals surface area contributed by atoms with E-state index in [4.69, 9.17) is 0 Å². The Hall–Kier alpha value is -2.00. The first-order valence-electron chi connectivity index (χ1n) is 9.72. The number of rotatable bonds is 6. The minimum Gasteiger partial charge on any atom is -0.300 e. The van der Waals surface area contributed by atoms with E-state index in [1.165, 1.54) is 28.4 Å². The van der Waals surface area contributed by atoms with E-state index in [1.54, 1.807) is 17.8 Å². The summed E-state index contributed by atoms with van der Waals surface area (Å²) < 4.78 is 14.0. The number of benzene rings is 1. The van der Waals surface area contributed by atoms with Crippen LogP contribution in [0.25, 0.3) is 10.2 Å². The summed E-state index contributed by atoms with van der Waals surface area (Å²) in [5.41, 5.74) is 0.590. The number of aromatic nitrogens is 1. The molecule has 1 aliphatic carbocycles. The summed E-state index contributed by atoms with van der Waals surface area (Å²) in [6.45, 7) is 0. The lowest BCUT2D eigenvalue weighted by atomic mass is 9.81. The number of fused-ring (bicyclic) bond motifs is 2. The molecule has 0 radical (unpaired) electrons. The molecule has 1 saturated heterocycles. The van der Waals surface area contributed by atoms with Crippen LogP contribution in [0.3, 0.4) is 0 Å². The maximum atomic E-state index is 13.4. The topological polar surface area (TPSA) is 79.4 Å². The maximum absolute atomic E-state index is 13.4. The fourth-order valence-corrected chi connectivity index (χ4v) is 5.60. The van der Waals surface area contributed by atoms with Gasteiger partial charge in [-0.15, -0.1) is 0 Å². The van der Waals surface area contributed by atoms with Gasteiger partial charge in [0.2, 0.25) is 17.7 Å². The number of carbonyl (C=O) groups excluding carboxylic acids is 3. The lowest BCUT2D eigenvalue weighted by molar-refractivity contribution is -0.146. The van der Waals surface area contributed by atoms with Crippen molar-refractivity contribution in [1.82, 2.24) is 9.88 Å². The van der Waals surface area contributed by atoms with Crippen LogP contribution < -0.4 is 5.32 Å². The summed E-state index contributed by atoms with van der Waals surface area (Å²) >= 11 is 2.73. The van der Waals surface area contributed by atoms with Crippen molar-refractivity contribution in [2.45, 2.75) is 38.1 Å². The molecular weight excluding hydrogens is 413 g/mol.